The van der Waals surface area contributed by atoms with Crippen LogP contribution in [-0.4, -0.2) is 50.9 Å². The van der Waals surface area contributed by atoms with Gasteiger partial charge in [-0.15, -0.1) is 0 Å². The number of methoxy groups -OCH3 is 2. The van der Waals surface area contributed by atoms with Gasteiger partial charge in [-0.25, -0.2) is 4.98 Å². The van der Waals surface area contributed by atoms with E-state index in [0.717, 1.165) is 5.82 Å². The number of nitrogens with one attached hydrogen (secondary N) is 1. The maximum Gasteiger partial charge on any atom is 0.252 e. The van der Waals surface area contributed by atoms with Crippen LogP contribution in [0, 0.1) is 0 Å². The molecule has 2 aromatic rings. The van der Waals surface area contributed by atoms with E-state index in [9.17, 15) is 9.90 Å². The van der Waals surface area contributed by atoms with Crippen LogP contribution in [0.5, 0.6) is 11.5 Å². The minimum absolute atomic E-state index is 0.0732. The highest BCUT2D eigenvalue weighted by molar-refractivity contribution is 5.94. The molecule has 1 amide bonds. The molecule has 0 spiro atoms. The molecule has 0 aliphatic heterocycles. The molecule has 0 aliphatic rings. The number of hydrogen-bond acceptors (Lipinski definition) is 6. The molecule has 1 aromatic heterocycles. The van der Waals surface area contributed by atoms with Crippen molar-refractivity contribution in [3.8, 4) is 11.5 Å². The minimum atomic E-state index is -0.863. The van der Waals surface area contributed by atoms with Crippen LogP contribution in [-0.2, 0) is 0 Å². The molecule has 1 aromatic carbocycles. The molecule has 7 heteroatoms. The number of pyridine rings is 1. The fourth-order valence-corrected chi connectivity index (χ4v) is 2.25. The number of aromatic nitrogens is 1. The van der Waals surface area contributed by atoms with Gasteiger partial charge in [-0.05, 0) is 29.8 Å². The summed E-state index contributed by atoms with van der Waals surface area (Å²) in [6, 6.07) is 8.58. The fourth-order valence-electron chi connectivity index (χ4n) is 2.25. The van der Waals surface area contributed by atoms with Gasteiger partial charge in [0.2, 0.25) is 0 Å². The maximum atomic E-state index is 12.2. The molecule has 0 saturated carbocycles. The van der Waals surface area contributed by atoms with Crippen LogP contribution in [0.1, 0.15) is 22.0 Å². The molecule has 1 heterocycles. The van der Waals surface area contributed by atoms with Crippen LogP contribution in [0.4, 0.5) is 5.82 Å². The van der Waals surface area contributed by atoms with E-state index in [0.29, 0.717) is 22.6 Å². The van der Waals surface area contributed by atoms with Crippen molar-refractivity contribution in [1.82, 2.24) is 10.3 Å². The van der Waals surface area contributed by atoms with Gasteiger partial charge in [-0.2, -0.15) is 0 Å². The van der Waals surface area contributed by atoms with Gasteiger partial charge in [0.25, 0.3) is 5.91 Å². The van der Waals surface area contributed by atoms with E-state index in [1.54, 1.807) is 37.4 Å². The second-order valence-corrected chi connectivity index (χ2v) is 5.64. The Balaban J connectivity index is 1.99. The molecule has 0 radical (unpaired) electrons. The number of aliphatic hydroxyl groups excluding tert-OH is 1. The van der Waals surface area contributed by atoms with Gasteiger partial charge < -0.3 is 24.8 Å². The molecule has 0 bridgehead atoms. The Labute approximate surface area is 147 Å². The Morgan fingerprint density at radius 3 is 2.48 bits per heavy atom. The lowest BCUT2D eigenvalue weighted by Gasteiger charge is -2.15. The highest BCUT2D eigenvalue weighted by atomic mass is 16.5. The summed E-state index contributed by atoms with van der Waals surface area (Å²) in [4.78, 5) is 18.2. The highest BCUT2D eigenvalue weighted by Crippen LogP contribution is 2.29. The van der Waals surface area contributed by atoms with E-state index >= 15 is 0 Å². The molecule has 2 N–H and O–H groups in total. The molecule has 1 atom stereocenters. The number of rotatable bonds is 7. The summed E-state index contributed by atoms with van der Waals surface area (Å²) in [5, 5.41) is 13.0. The number of benzene rings is 1. The summed E-state index contributed by atoms with van der Waals surface area (Å²) in [5.41, 5.74) is 1.06. The highest BCUT2D eigenvalue weighted by Gasteiger charge is 2.14. The maximum absolute atomic E-state index is 12.2. The summed E-state index contributed by atoms with van der Waals surface area (Å²) in [5.74, 6) is 1.57. The van der Waals surface area contributed by atoms with E-state index in [1.165, 1.54) is 13.3 Å². The van der Waals surface area contributed by atoms with Crippen LogP contribution in [0.25, 0.3) is 0 Å². The van der Waals surface area contributed by atoms with Gasteiger partial charge in [0.05, 0.1) is 25.9 Å². The van der Waals surface area contributed by atoms with E-state index in [1.807, 2.05) is 19.0 Å². The monoisotopic (exact) mass is 345 g/mol. The molecular weight excluding hydrogens is 322 g/mol. The Kier molecular flexibility index (Phi) is 6.19. The average Bonchev–Trinajstić information content (AvgIpc) is 2.65. The number of amides is 1. The van der Waals surface area contributed by atoms with Crippen LogP contribution in [0.3, 0.4) is 0 Å². The van der Waals surface area contributed by atoms with Gasteiger partial charge in [0.15, 0.2) is 11.5 Å². The predicted molar refractivity (Wildman–Crippen MR) is 95.4 cm³/mol. The summed E-state index contributed by atoms with van der Waals surface area (Å²) in [6.07, 6.45) is 0.644. The zero-order valence-electron chi connectivity index (χ0n) is 14.8. The first kappa shape index (κ1) is 18.5. The first-order valence-electron chi connectivity index (χ1n) is 7.77. The SMILES string of the molecule is COc1ccc([C@H](O)CNC(=O)c2ccc(N(C)C)nc2)cc1OC. The van der Waals surface area contributed by atoms with Crippen molar-refractivity contribution in [2.75, 3.05) is 39.8 Å². The number of ether oxygens (including phenoxy) is 2. The summed E-state index contributed by atoms with van der Waals surface area (Å²) in [6.45, 7) is 0.0732. The zero-order chi connectivity index (χ0) is 18.4. The van der Waals surface area contributed by atoms with Gasteiger partial charge in [-0.3, -0.25) is 4.79 Å². The zero-order valence-corrected chi connectivity index (χ0v) is 14.8. The van der Waals surface area contributed by atoms with E-state index in [4.69, 9.17) is 9.47 Å². The Morgan fingerprint density at radius 1 is 1.20 bits per heavy atom. The lowest BCUT2D eigenvalue weighted by atomic mass is 10.1. The summed E-state index contributed by atoms with van der Waals surface area (Å²) < 4.78 is 10.4. The van der Waals surface area contributed by atoms with Gasteiger partial charge in [0, 0.05) is 26.8 Å². The Morgan fingerprint density at radius 2 is 1.92 bits per heavy atom. The third-order valence-corrected chi connectivity index (χ3v) is 3.72. The summed E-state index contributed by atoms with van der Waals surface area (Å²) >= 11 is 0. The molecule has 0 saturated heterocycles. The van der Waals surface area contributed by atoms with Gasteiger partial charge >= 0.3 is 0 Å². The van der Waals surface area contributed by atoms with Crippen molar-refractivity contribution in [3.63, 3.8) is 0 Å². The van der Waals surface area contributed by atoms with Crippen molar-refractivity contribution >= 4 is 11.7 Å². The molecular formula is C18H23N3O4. The third-order valence-electron chi connectivity index (χ3n) is 3.72. The van der Waals surface area contributed by atoms with Crippen LogP contribution < -0.4 is 19.7 Å². The normalized spacial score (nSPS) is 11.6. The van der Waals surface area contributed by atoms with E-state index in [-0.39, 0.29) is 12.5 Å². The lowest BCUT2D eigenvalue weighted by molar-refractivity contribution is 0.0916. The Hall–Kier alpha value is -2.80. The van der Waals surface area contributed by atoms with Crippen molar-refractivity contribution in [2.24, 2.45) is 0 Å². The smallest absolute Gasteiger partial charge is 0.252 e. The number of carbonyl (C=O) groups excluding carboxylic acids is 1. The first-order chi connectivity index (χ1) is 12.0. The number of aliphatic hydroxyl groups is 1. The van der Waals surface area contributed by atoms with Gasteiger partial charge in [0.1, 0.15) is 5.82 Å². The molecule has 134 valence electrons. The quantitative estimate of drug-likeness (QED) is 0.793. The third kappa shape index (κ3) is 4.60. The topological polar surface area (TPSA) is 83.9 Å². The van der Waals surface area contributed by atoms with Crippen LogP contribution in [0.15, 0.2) is 36.5 Å². The number of nitrogens with zero attached hydrogens (tertiary/aromatic N) is 2. The minimum Gasteiger partial charge on any atom is -0.493 e. The van der Waals surface area contributed by atoms with Crippen LogP contribution >= 0.6 is 0 Å². The number of carbonyl (C=O) groups is 1. The fraction of sp³-hybridized carbons (Fsp3) is 0.333. The largest absolute Gasteiger partial charge is 0.493 e. The van der Waals surface area contributed by atoms with Crippen molar-refractivity contribution in [2.45, 2.75) is 6.10 Å². The number of anilines is 1. The lowest BCUT2D eigenvalue weighted by Crippen LogP contribution is -2.28. The predicted octanol–water partition coefficient (Wildman–Crippen LogP) is 1.63. The van der Waals surface area contributed by atoms with E-state index in [2.05, 4.69) is 10.3 Å². The molecule has 0 unspecified atom stereocenters. The van der Waals surface area contributed by atoms with Gasteiger partial charge in [-0.1, -0.05) is 6.07 Å². The van der Waals surface area contributed by atoms with Crippen molar-refractivity contribution < 1.29 is 19.4 Å². The molecule has 25 heavy (non-hydrogen) atoms. The van der Waals surface area contributed by atoms with Crippen molar-refractivity contribution in [1.29, 1.82) is 0 Å². The van der Waals surface area contributed by atoms with Crippen LogP contribution in [0.2, 0.25) is 0 Å². The molecule has 0 aliphatic carbocycles. The second-order valence-electron chi connectivity index (χ2n) is 5.64. The molecule has 0 fully saturated rings. The average molecular weight is 345 g/mol. The van der Waals surface area contributed by atoms with Crippen molar-refractivity contribution in [3.05, 3.63) is 47.7 Å². The number of hydrogen-bond donors (Lipinski definition) is 2. The molecule has 2 rings (SSSR count). The summed E-state index contributed by atoms with van der Waals surface area (Å²) in [7, 11) is 6.83. The Bertz CT molecular complexity index is 717. The second kappa shape index (κ2) is 8.34. The molecule has 7 nitrogen and oxygen atoms in total. The van der Waals surface area contributed by atoms with E-state index < -0.39 is 6.10 Å². The standard InChI is InChI=1S/C18H23N3O4/c1-21(2)17-8-6-13(10-19-17)18(23)20-11-14(22)12-5-7-15(24-3)16(9-12)25-4/h5-10,14,22H,11H2,1-4H3,(H,20,23)/t14-/m1/s1. The first-order valence-corrected chi connectivity index (χ1v) is 7.77.